The first kappa shape index (κ1) is 15.4. The van der Waals surface area contributed by atoms with Gasteiger partial charge in [0.15, 0.2) is 0 Å². The van der Waals surface area contributed by atoms with E-state index in [0.717, 1.165) is 25.2 Å². The Balaban J connectivity index is 0.000000293. The Labute approximate surface area is 99.7 Å². The second kappa shape index (κ2) is 8.51. The van der Waals surface area contributed by atoms with E-state index >= 15 is 0 Å². The summed E-state index contributed by atoms with van der Waals surface area (Å²) in [4.78, 5) is 10.9. The highest BCUT2D eigenvalue weighted by molar-refractivity contribution is 5.81. The highest BCUT2D eigenvalue weighted by atomic mass is 16.3. The lowest BCUT2D eigenvalue weighted by atomic mass is 9.89. The summed E-state index contributed by atoms with van der Waals surface area (Å²) >= 11 is 0. The van der Waals surface area contributed by atoms with Gasteiger partial charge in [0, 0.05) is 12.3 Å². The van der Waals surface area contributed by atoms with Crippen LogP contribution in [0.5, 0.6) is 0 Å². The normalized spacial score (nSPS) is 20.3. The summed E-state index contributed by atoms with van der Waals surface area (Å²) in [6, 6.07) is 0. The zero-order valence-corrected chi connectivity index (χ0v) is 11.0. The SMILES string of the molecule is C=C(C)CC(C)C.O=C1CCCCC1CO. The molecule has 0 aliphatic heterocycles. The maximum atomic E-state index is 10.9. The molecule has 94 valence electrons. The van der Waals surface area contributed by atoms with E-state index in [9.17, 15) is 4.79 Å². The van der Waals surface area contributed by atoms with Gasteiger partial charge in [0.1, 0.15) is 5.78 Å². The molecule has 1 aliphatic carbocycles. The van der Waals surface area contributed by atoms with E-state index in [4.69, 9.17) is 5.11 Å². The smallest absolute Gasteiger partial charge is 0.138 e. The highest BCUT2D eigenvalue weighted by Gasteiger charge is 2.20. The summed E-state index contributed by atoms with van der Waals surface area (Å²) in [6.07, 6.45) is 4.88. The quantitative estimate of drug-likeness (QED) is 0.749. The number of carbonyl (C=O) groups is 1. The average Bonchev–Trinajstić information content (AvgIpc) is 2.17. The van der Waals surface area contributed by atoms with Crippen molar-refractivity contribution in [3.63, 3.8) is 0 Å². The largest absolute Gasteiger partial charge is 0.396 e. The van der Waals surface area contributed by atoms with E-state index in [1.807, 2.05) is 0 Å². The molecule has 0 aromatic carbocycles. The van der Waals surface area contributed by atoms with Crippen LogP contribution in [0.2, 0.25) is 0 Å². The van der Waals surface area contributed by atoms with Crippen LogP contribution < -0.4 is 0 Å². The number of hydrogen-bond acceptors (Lipinski definition) is 2. The Hall–Kier alpha value is -0.630. The van der Waals surface area contributed by atoms with Gasteiger partial charge in [-0.2, -0.15) is 0 Å². The van der Waals surface area contributed by atoms with E-state index in [1.165, 1.54) is 12.0 Å². The van der Waals surface area contributed by atoms with Gasteiger partial charge in [-0.05, 0) is 32.1 Å². The van der Waals surface area contributed by atoms with Crippen molar-refractivity contribution < 1.29 is 9.90 Å². The van der Waals surface area contributed by atoms with Crippen LogP contribution >= 0.6 is 0 Å². The maximum absolute atomic E-state index is 10.9. The van der Waals surface area contributed by atoms with Gasteiger partial charge in [0.2, 0.25) is 0 Å². The monoisotopic (exact) mass is 226 g/mol. The Kier molecular flexibility index (Phi) is 8.18. The van der Waals surface area contributed by atoms with Gasteiger partial charge in [-0.3, -0.25) is 4.79 Å². The number of aliphatic hydroxyl groups excluding tert-OH is 1. The third-order valence-corrected chi connectivity index (χ3v) is 2.66. The lowest BCUT2D eigenvalue weighted by Crippen LogP contribution is -2.21. The van der Waals surface area contributed by atoms with Crippen molar-refractivity contribution in [3.8, 4) is 0 Å². The number of allylic oxidation sites excluding steroid dienone is 1. The van der Waals surface area contributed by atoms with E-state index in [0.29, 0.717) is 6.42 Å². The van der Waals surface area contributed by atoms with Crippen molar-refractivity contribution in [2.75, 3.05) is 6.61 Å². The van der Waals surface area contributed by atoms with E-state index in [1.54, 1.807) is 0 Å². The van der Waals surface area contributed by atoms with Gasteiger partial charge in [-0.1, -0.05) is 25.8 Å². The first-order valence-corrected chi connectivity index (χ1v) is 6.25. The minimum atomic E-state index is -0.0289. The molecule has 2 nitrogen and oxygen atoms in total. The molecule has 0 radical (unpaired) electrons. The molecule has 0 bridgehead atoms. The van der Waals surface area contributed by atoms with E-state index in [-0.39, 0.29) is 18.3 Å². The molecule has 1 rings (SSSR count). The van der Waals surface area contributed by atoms with Crippen LogP contribution in [0.15, 0.2) is 12.2 Å². The van der Waals surface area contributed by atoms with Crippen LogP contribution in [-0.2, 0) is 4.79 Å². The van der Waals surface area contributed by atoms with Gasteiger partial charge in [0.05, 0.1) is 6.61 Å². The molecule has 1 fully saturated rings. The lowest BCUT2D eigenvalue weighted by Gasteiger charge is -2.17. The predicted octanol–water partition coefficient (Wildman–Crippen LogP) is 3.35. The van der Waals surface area contributed by atoms with Gasteiger partial charge in [-0.15, -0.1) is 6.58 Å². The molecule has 1 aliphatic rings. The fraction of sp³-hybridized carbons (Fsp3) is 0.786. The van der Waals surface area contributed by atoms with Crippen molar-refractivity contribution in [2.24, 2.45) is 11.8 Å². The average molecular weight is 226 g/mol. The molecule has 1 saturated carbocycles. The van der Waals surface area contributed by atoms with Crippen molar-refractivity contribution in [1.82, 2.24) is 0 Å². The van der Waals surface area contributed by atoms with Crippen LogP contribution in [0, 0.1) is 11.8 Å². The second-order valence-corrected chi connectivity index (χ2v) is 5.15. The van der Waals surface area contributed by atoms with Gasteiger partial charge >= 0.3 is 0 Å². The first-order valence-electron chi connectivity index (χ1n) is 6.25. The molecule has 16 heavy (non-hydrogen) atoms. The molecule has 0 heterocycles. The van der Waals surface area contributed by atoms with Crippen molar-refractivity contribution in [3.05, 3.63) is 12.2 Å². The van der Waals surface area contributed by atoms with E-state index < -0.39 is 0 Å². The fourth-order valence-corrected chi connectivity index (χ4v) is 1.95. The van der Waals surface area contributed by atoms with Crippen LogP contribution in [0.4, 0.5) is 0 Å². The summed E-state index contributed by atoms with van der Waals surface area (Å²) in [5.74, 6) is 1.00. The van der Waals surface area contributed by atoms with Gasteiger partial charge in [-0.25, -0.2) is 0 Å². The molecule has 0 spiro atoms. The minimum Gasteiger partial charge on any atom is -0.396 e. The van der Waals surface area contributed by atoms with Crippen molar-refractivity contribution in [2.45, 2.75) is 52.9 Å². The number of ketones is 1. The molecule has 1 unspecified atom stereocenters. The van der Waals surface area contributed by atoms with Crippen molar-refractivity contribution in [1.29, 1.82) is 0 Å². The fourth-order valence-electron chi connectivity index (χ4n) is 1.95. The molecule has 0 amide bonds. The molecule has 1 atom stereocenters. The molecule has 0 aromatic rings. The molecule has 2 heteroatoms. The maximum Gasteiger partial charge on any atom is 0.138 e. The summed E-state index contributed by atoms with van der Waals surface area (Å²) in [6.45, 7) is 10.3. The number of carbonyl (C=O) groups excluding carboxylic acids is 1. The van der Waals surface area contributed by atoms with Crippen LogP contribution in [0.25, 0.3) is 0 Å². The Morgan fingerprint density at radius 1 is 1.50 bits per heavy atom. The van der Waals surface area contributed by atoms with Gasteiger partial charge in [0.25, 0.3) is 0 Å². The second-order valence-electron chi connectivity index (χ2n) is 5.15. The zero-order chi connectivity index (χ0) is 12.6. The third-order valence-electron chi connectivity index (χ3n) is 2.66. The number of aliphatic hydroxyl groups is 1. The summed E-state index contributed by atoms with van der Waals surface area (Å²) in [5.41, 5.74) is 1.29. The number of hydrogen-bond donors (Lipinski definition) is 1. The van der Waals surface area contributed by atoms with Crippen LogP contribution in [0.1, 0.15) is 52.9 Å². The zero-order valence-electron chi connectivity index (χ0n) is 11.0. The summed E-state index contributed by atoms with van der Waals surface area (Å²) in [7, 11) is 0. The summed E-state index contributed by atoms with van der Waals surface area (Å²) in [5, 5.41) is 8.64. The lowest BCUT2D eigenvalue weighted by molar-refractivity contribution is -0.125. The topological polar surface area (TPSA) is 37.3 Å². The molecular formula is C14H26O2. The predicted molar refractivity (Wildman–Crippen MR) is 68.3 cm³/mol. The Morgan fingerprint density at radius 3 is 2.38 bits per heavy atom. The molecule has 1 N–H and O–H groups in total. The molecule has 0 saturated heterocycles. The van der Waals surface area contributed by atoms with Crippen molar-refractivity contribution >= 4 is 5.78 Å². The van der Waals surface area contributed by atoms with Gasteiger partial charge < -0.3 is 5.11 Å². The number of Topliss-reactive ketones (excluding diaryl/α,β-unsaturated/α-hetero) is 1. The Morgan fingerprint density at radius 2 is 2.12 bits per heavy atom. The molecule has 0 aromatic heterocycles. The highest BCUT2D eigenvalue weighted by Crippen LogP contribution is 2.19. The first-order chi connectivity index (χ1) is 7.47. The van der Waals surface area contributed by atoms with Crippen LogP contribution in [-0.4, -0.2) is 17.5 Å². The Bertz CT molecular complexity index is 219. The minimum absolute atomic E-state index is 0.0289. The third kappa shape index (κ3) is 7.63. The van der Waals surface area contributed by atoms with Crippen LogP contribution in [0.3, 0.4) is 0 Å². The summed E-state index contributed by atoms with van der Waals surface area (Å²) < 4.78 is 0. The number of rotatable bonds is 3. The standard InChI is InChI=1S/C7H12O2.C7H14/c8-5-6-3-1-2-4-7(6)9;1-6(2)5-7(3)4/h6,8H,1-5H2;7H,1,5H2,2-4H3. The molecular weight excluding hydrogens is 200 g/mol. The van der Waals surface area contributed by atoms with E-state index in [2.05, 4.69) is 27.4 Å².